The largest absolute Gasteiger partial charge is 0.481 e. The molecule has 80 valence electrons. The Hall–Kier alpha value is -0.940. The lowest BCUT2D eigenvalue weighted by molar-refractivity contribution is -0.141. The Balaban J connectivity index is 2.26. The van der Waals surface area contributed by atoms with E-state index >= 15 is 0 Å². The van der Waals surface area contributed by atoms with Crippen molar-refractivity contribution in [3.63, 3.8) is 0 Å². The van der Waals surface area contributed by atoms with Crippen LogP contribution in [0.1, 0.15) is 11.6 Å². The number of hydrogen-bond acceptors (Lipinski definition) is 3. The number of carboxylic acid groups (broad SMARTS) is 1. The van der Waals surface area contributed by atoms with E-state index in [1.807, 2.05) is 18.2 Å². The van der Waals surface area contributed by atoms with Crippen molar-refractivity contribution in [3.05, 3.63) is 28.5 Å². The summed E-state index contributed by atoms with van der Waals surface area (Å²) < 4.78 is 0.746. The van der Waals surface area contributed by atoms with Crippen LogP contribution in [0.4, 0.5) is 0 Å². The number of nitrogens with one attached hydrogen (secondary N) is 1. The lowest BCUT2D eigenvalue weighted by Crippen LogP contribution is -2.21. The van der Waals surface area contributed by atoms with E-state index in [4.69, 9.17) is 5.11 Å². The highest BCUT2D eigenvalue weighted by molar-refractivity contribution is 9.10. The highest BCUT2D eigenvalue weighted by Gasteiger charge is 2.34. The molecular formula is C10H11BrN2O2. The van der Waals surface area contributed by atoms with Gasteiger partial charge in [0.1, 0.15) is 4.60 Å². The van der Waals surface area contributed by atoms with Crippen LogP contribution in [0.2, 0.25) is 0 Å². The zero-order chi connectivity index (χ0) is 10.8. The number of carboxylic acids is 1. The standard InChI is InChI=1S/C10H11BrN2O2/c11-9-3-1-2-8(13-9)6-4-12-5-7(6)10(14)15/h1-3,6-7,12H,4-5H2,(H,14,15). The summed E-state index contributed by atoms with van der Waals surface area (Å²) in [6, 6.07) is 5.59. The van der Waals surface area contributed by atoms with E-state index in [0.29, 0.717) is 13.1 Å². The molecule has 2 unspecified atom stereocenters. The van der Waals surface area contributed by atoms with Crippen molar-refractivity contribution in [2.45, 2.75) is 5.92 Å². The number of rotatable bonds is 2. The molecule has 0 aromatic carbocycles. The lowest BCUT2D eigenvalue weighted by atomic mass is 9.93. The van der Waals surface area contributed by atoms with E-state index in [2.05, 4.69) is 26.2 Å². The summed E-state index contributed by atoms with van der Waals surface area (Å²) in [5.41, 5.74) is 0.835. The fourth-order valence-corrected chi connectivity index (χ4v) is 2.24. The van der Waals surface area contributed by atoms with Gasteiger partial charge in [-0.05, 0) is 28.1 Å². The summed E-state index contributed by atoms with van der Waals surface area (Å²) in [4.78, 5) is 15.3. The average molecular weight is 271 g/mol. The van der Waals surface area contributed by atoms with Gasteiger partial charge in [0, 0.05) is 24.7 Å². The Kier molecular flexibility index (Phi) is 3.02. The smallest absolute Gasteiger partial charge is 0.308 e. The molecular weight excluding hydrogens is 260 g/mol. The zero-order valence-corrected chi connectivity index (χ0v) is 9.57. The summed E-state index contributed by atoms with van der Waals surface area (Å²) in [5.74, 6) is -1.15. The van der Waals surface area contributed by atoms with E-state index in [0.717, 1.165) is 10.3 Å². The predicted molar refractivity (Wildman–Crippen MR) is 58.7 cm³/mol. The van der Waals surface area contributed by atoms with E-state index in [-0.39, 0.29) is 11.8 Å². The number of aliphatic carboxylic acids is 1. The van der Waals surface area contributed by atoms with Crippen molar-refractivity contribution in [2.75, 3.05) is 13.1 Å². The van der Waals surface area contributed by atoms with Crippen LogP contribution in [-0.2, 0) is 4.79 Å². The molecule has 15 heavy (non-hydrogen) atoms. The Morgan fingerprint density at radius 1 is 1.53 bits per heavy atom. The first kappa shape index (κ1) is 10.6. The van der Waals surface area contributed by atoms with Gasteiger partial charge in [-0.2, -0.15) is 0 Å². The fraction of sp³-hybridized carbons (Fsp3) is 0.400. The van der Waals surface area contributed by atoms with Crippen LogP contribution >= 0.6 is 15.9 Å². The van der Waals surface area contributed by atoms with E-state index in [1.165, 1.54) is 0 Å². The molecule has 1 aliphatic rings. The van der Waals surface area contributed by atoms with Gasteiger partial charge in [0.25, 0.3) is 0 Å². The van der Waals surface area contributed by atoms with E-state index in [1.54, 1.807) is 0 Å². The summed E-state index contributed by atoms with van der Waals surface area (Å²) in [6.45, 7) is 1.20. The van der Waals surface area contributed by atoms with Gasteiger partial charge >= 0.3 is 5.97 Å². The third kappa shape index (κ3) is 2.18. The van der Waals surface area contributed by atoms with Crippen LogP contribution < -0.4 is 5.32 Å². The molecule has 0 spiro atoms. The van der Waals surface area contributed by atoms with Crippen LogP contribution in [0, 0.1) is 5.92 Å². The second-order valence-corrected chi connectivity index (χ2v) is 4.41. The van der Waals surface area contributed by atoms with Gasteiger partial charge in [-0.1, -0.05) is 6.07 Å². The summed E-state index contributed by atoms with van der Waals surface area (Å²) in [5, 5.41) is 12.1. The number of hydrogen-bond donors (Lipinski definition) is 2. The van der Waals surface area contributed by atoms with Gasteiger partial charge in [0.2, 0.25) is 0 Å². The van der Waals surface area contributed by atoms with Crippen LogP contribution in [0.15, 0.2) is 22.8 Å². The number of aromatic nitrogens is 1. The van der Waals surface area contributed by atoms with Crippen molar-refractivity contribution in [1.82, 2.24) is 10.3 Å². The van der Waals surface area contributed by atoms with Crippen molar-refractivity contribution in [1.29, 1.82) is 0 Å². The van der Waals surface area contributed by atoms with E-state index < -0.39 is 5.97 Å². The maximum atomic E-state index is 11.0. The molecule has 0 bridgehead atoms. The minimum atomic E-state index is -0.758. The molecule has 2 heterocycles. The van der Waals surface area contributed by atoms with Gasteiger partial charge in [-0.15, -0.1) is 0 Å². The highest BCUT2D eigenvalue weighted by atomic mass is 79.9. The van der Waals surface area contributed by atoms with Crippen LogP contribution in [0.5, 0.6) is 0 Å². The van der Waals surface area contributed by atoms with Crippen molar-refractivity contribution in [2.24, 2.45) is 5.92 Å². The second-order valence-electron chi connectivity index (χ2n) is 3.59. The van der Waals surface area contributed by atoms with E-state index in [9.17, 15) is 4.79 Å². The molecule has 2 rings (SSSR count). The molecule has 2 atom stereocenters. The quantitative estimate of drug-likeness (QED) is 0.794. The fourth-order valence-electron chi connectivity index (χ4n) is 1.88. The number of carbonyl (C=O) groups is 1. The molecule has 5 heteroatoms. The number of pyridine rings is 1. The number of halogens is 1. The third-order valence-electron chi connectivity index (χ3n) is 2.65. The molecule has 2 N–H and O–H groups in total. The third-order valence-corrected chi connectivity index (χ3v) is 3.09. The Morgan fingerprint density at radius 3 is 3.00 bits per heavy atom. The van der Waals surface area contributed by atoms with Crippen molar-refractivity contribution >= 4 is 21.9 Å². The first-order chi connectivity index (χ1) is 7.18. The summed E-state index contributed by atoms with van der Waals surface area (Å²) >= 11 is 3.29. The van der Waals surface area contributed by atoms with Gasteiger partial charge in [-0.3, -0.25) is 4.79 Å². The molecule has 0 amide bonds. The van der Waals surface area contributed by atoms with Gasteiger partial charge in [0.15, 0.2) is 0 Å². The predicted octanol–water partition coefficient (Wildman–Crippen LogP) is 1.23. The Bertz CT molecular complexity index is 383. The SMILES string of the molecule is O=C(O)C1CNCC1c1cccc(Br)n1. The zero-order valence-electron chi connectivity index (χ0n) is 7.98. The average Bonchev–Trinajstić information content (AvgIpc) is 2.65. The summed E-state index contributed by atoms with van der Waals surface area (Å²) in [7, 11) is 0. The molecule has 4 nitrogen and oxygen atoms in total. The maximum Gasteiger partial charge on any atom is 0.308 e. The second kappa shape index (κ2) is 4.28. The molecule has 0 radical (unpaired) electrons. The first-order valence-corrected chi connectivity index (χ1v) is 5.54. The first-order valence-electron chi connectivity index (χ1n) is 4.74. The molecule has 1 aliphatic heterocycles. The minimum absolute atomic E-state index is 0.0278. The minimum Gasteiger partial charge on any atom is -0.481 e. The van der Waals surface area contributed by atoms with Crippen LogP contribution in [0.25, 0.3) is 0 Å². The van der Waals surface area contributed by atoms with Crippen LogP contribution in [-0.4, -0.2) is 29.1 Å². The summed E-state index contributed by atoms with van der Waals surface area (Å²) in [6.07, 6.45) is 0. The lowest BCUT2D eigenvalue weighted by Gasteiger charge is -2.13. The number of nitrogens with zero attached hydrogens (tertiary/aromatic N) is 1. The van der Waals surface area contributed by atoms with Crippen molar-refractivity contribution < 1.29 is 9.90 Å². The monoisotopic (exact) mass is 270 g/mol. The Labute approximate surface area is 95.8 Å². The van der Waals surface area contributed by atoms with Crippen LogP contribution in [0.3, 0.4) is 0 Å². The van der Waals surface area contributed by atoms with Crippen molar-refractivity contribution in [3.8, 4) is 0 Å². The molecule has 0 aliphatic carbocycles. The van der Waals surface area contributed by atoms with Gasteiger partial charge < -0.3 is 10.4 Å². The van der Waals surface area contributed by atoms with Gasteiger partial charge in [-0.25, -0.2) is 4.98 Å². The molecule has 1 aromatic rings. The van der Waals surface area contributed by atoms with Gasteiger partial charge in [0.05, 0.1) is 5.92 Å². The maximum absolute atomic E-state index is 11.0. The molecule has 1 aromatic heterocycles. The highest BCUT2D eigenvalue weighted by Crippen LogP contribution is 2.27. The molecule has 1 fully saturated rings. The topological polar surface area (TPSA) is 62.2 Å². The normalized spacial score (nSPS) is 25.4. The molecule has 0 saturated carbocycles. The molecule has 1 saturated heterocycles. The Morgan fingerprint density at radius 2 is 2.33 bits per heavy atom.